The van der Waals surface area contributed by atoms with Gasteiger partial charge in [0.1, 0.15) is 5.75 Å². The van der Waals surface area contributed by atoms with E-state index >= 15 is 0 Å². The van der Waals surface area contributed by atoms with Crippen LogP contribution in [0.2, 0.25) is 0 Å². The largest absolute Gasteiger partial charge is 0.494 e. The molecule has 2 nitrogen and oxygen atoms in total. The molecular weight excluding hydrogens is 200 g/mol. The molecule has 0 heterocycles. The van der Waals surface area contributed by atoms with Crippen LogP contribution in [-0.4, -0.2) is 12.9 Å². The molecule has 1 rings (SSSR count). The zero-order valence-electron chi connectivity index (χ0n) is 9.87. The summed E-state index contributed by atoms with van der Waals surface area (Å²) in [6.07, 6.45) is 6.67. The second-order valence-electron chi connectivity index (χ2n) is 3.84. The first-order valence-corrected chi connectivity index (χ1v) is 5.93. The minimum absolute atomic E-state index is 0.469. The Bertz CT molecular complexity index is 290. The lowest BCUT2D eigenvalue weighted by Gasteiger charge is -2.06. The van der Waals surface area contributed by atoms with Gasteiger partial charge in [-0.3, -0.25) is 4.79 Å². The minimum Gasteiger partial charge on any atom is -0.494 e. The van der Waals surface area contributed by atoms with Crippen molar-refractivity contribution >= 4 is 6.29 Å². The van der Waals surface area contributed by atoms with Crippen LogP contribution in [0.4, 0.5) is 0 Å². The highest BCUT2D eigenvalue weighted by Gasteiger charge is 1.96. The van der Waals surface area contributed by atoms with Crippen LogP contribution in [0, 0.1) is 0 Å². The summed E-state index contributed by atoms with van der Waals surface area (Å²) in [7, 11) is 0. The average molecular weight is 219 g/mol. The van der Waals surface area contributed by atoms with Gasteiger partial charge in [-0.1, -0.05) is 31.9 Å². The number of hydrogen-bond acceptors (Lipinski definition) is 2. The van der Waals surface area contributed by atoms with Crippen LogP contribution in [0.15, 0.2) is 24.3 Å². The predicted octanol–water partition coefficient (Wildman–Crippen LogP) is 3.30. The van der Waals surface area contributed by atoms with Crippen LogP contribution in [0.25, 0.3) is 0 Å². The average Bonchev–Trinajstić information content (AvgIpc) is 2.33. The normalized spacial score (nSPS) is 10.1. The highest BCUT2D eigenvalue weighted by Crippen LogP contribution is 2.13. The monoisotopic (exact) mass is 219 g/mol. The maximum Gasteiger partial charge on any atom is 0.198 e. The van der Waals surface area contributed by atoms with Crippen molar-refractivity contribution in [3.8, 4) is 5.75 Å². The molecule has 16 heavy (non-hydrogen) atoms. The molecule has 0 aromatic heterocycles. The molecule has 0 fully saturated rings. The Labute approximate surface area is 97.6 Å². The van der Waals surface area contributed by atoms with Crippen LogP contribution in [-0.2, 0) is 11.2 Å². The fraction of sp³-hybridized carbons (Fsp3) is 0.500. The van der Waals surface area contributed by atoms with Crippen molar-refractivity contribution in [2.45, 2.75) is 39.0 Å². The van der Waals surface area contributed by atoms with Crippen LogP contribution in [0.5, 0.6) is 5.75 Å². The van der Waals surface area contributed by atoms with Crippen molar-refractivity contribution in [1.29, 1.82) is 0 Å². The van der Waals surface area contributed by atoms with Gasteiger partial charge in [0.15, 0.2) is 6.29 Å². The van der Waals surface area contributed by atoms with E-state index in [1.54, 1.807) is 0 Å². The quantitative estimate of drug-likeness (QED) is 0.627. The zero-order chi connectivity index (χ0) is 11.6. The van der Waals surface area contributed by atoms with Gasteiger partial charge in [-0.25, -0.2) is 0 Å². The van der Waals surface area contributed by atoms with E-state index in [-0.39, 0.29) is 0 Å². The number of benzene rings is 1. The molecule has 0 saturated heterocycles. The van der Waals surface area contributed by atoms with Gasteiger partial charge in [0.2, 0.25) is 0 Å². The van der Waals surface area contributed by atoms with Crippen LogP contribution in [0.1, 0.15) is 38.2 Å². The van der Waals surface area contributed by atoms with Crippen molar-refractivity contribution in [3.05, 3.63) is 29.8 Å². The predicted molar refractivity (Wildman–Crippen MR) is 65.5 cm³/mol. The topological polar surface area (TPSA) is 26.3 Å². The Balaban J connectivity index is 2.30. The molecule has 0 unspecified atom stereocenters. The number of aryl methyl sites for hydroxylation is 1. The number of rotatable bonds is 8. The second-order valence-corrected chi connectivity index (χ2v) is 3.84. The van der Waals surface area contributed by atoms with E-state index in [0.717, 1.165) is 30.8 Å². The highest BCUT2D eigenvalue weighted by atomic mass is 16.5. The molecular formula is C14H19O2. The molecule has 87 valence electrons. The third kappa shape index (κ3) is 4.96. The Morgan fingerprint density at radius 3 is 2.56 bits per heavy atom. The summed E-state index contributed by atoms with van der Waals surface area (Å²) in [5, 5.41) is 0. The van der Waals surface area contributed by atoms with E-state index in [0.29, 0.717) is 6.42 Å². The summed E-state index contributed by atoms with van der Waals surface area (Å²) < 4.78 is 5.59. The molecule has 2 heteroatoms. The third-order valence-corrected chi connectivity index (χ3v) is 2.46. The number of hydrogen-bond donors (Lipinski definition) is 0. The van der Waals surface area contributed by atoms with Crippen molar-refractivity contribution in [3.63, 3.8) is 0 Å². The first-order chi connectivity index (χ1) is 7.86. The molecule has 1 aromatic carbocycles. The van der Waals surface area contributed by atoms with Gasteiger partial charge in [-0.15, -0.1) is 0 Å². The van der Waals surface area contributed by atoms with E-state index in [1.165, 1.54) is 12.8 Å². The van der Waals surface area contributed by atoms with Crippen molar-refractivity contribution in [2.24, 2.45) is 0 Å². The Kier molecular flexibility index (Phi) is 6.31. The van der Waals surface area contributed by atoms with Crippen LogP contribution >= 0.6 is 0 Å². The van der Waals surface area contributed by atoms with Gasteiger partial charge in [0, 0.05) is 6.42 Å². The Morgan fingerprint density at radius 2 is 1.94 bits per heavy atom. The van der Waals surface area contributed by atoms with Gasteiger partial charge in [0.25, 0.3) is 0 Å². The first-order valence-electron chi connectivity index (χ1n) is 5.93. The lowest BCUT2D eigenvalue weighted by molar-refractivity contribution is 0.306. The standard InChI is InChI=1S/C14H19O2/c1-2-3-4-12-16-14-9-7-13(8-10-14)6-5-11-15/h7-10H,2-6,12H2,1H3. The highest BCUT2D eigenvalue weighted by molar-refractivity contribution is 5.51. The molecule has 0 spiro atoms. The third-order valence-electron chi connectivity index (χ3n) is 2.46. The maximum absolute atomic E-state index is 10.1. The summed E-state index contributed by atoms with van der Waals surface area (Å²) in [6, 6.07) is 7.94. The summed E-state index contributed by atoms with van der Waals surface area (Å²) in [5.74, 6) is 0.912. The van der Waals surface area contributed by atoms with Crippen LogP contribution in [0.3, 0.4) is 0 Å². The molecule has 1 radical (unpaired) electrons. The van der Waals surface area contributed by atoms with Gasteiger partial charge in [-0.2, -0.15) is 0 Å². The first kappa shape index (κ1) is 12.8. The fourth-order valence-electron chi connectivity index (χ4n) is 1.49. The second kappa shape index (κ2) is 7.91. The van der Waals surface area contributed by atoms with Crippen molar-refractivity contribution < 1.29 is 9.53 Å². The molecule has 0 N–H and O–H groups in total. The van der Waals surface area contributed by atoms with Gasteiger partial charge in [0.05, 0.1) is 6.61 Å². The minimum atomic E-state index is 0.469. The smallest absolute Gasteiger partial charge is 0.198 e. The summed E-state index contributed by atoms with van der Waals surface area (Å²) >= 11 is 0. The maximum atomic E-state index is 10.1. The molecule has 1 aromatic rings. The molecule has 0 aliphatic rings. The number of unbranched alkanes of at least 4 members (excludes halogenated alkanes) is 2. The lowest BCUT2D eigenvalue weighted by Crippen LogP contribution is -1.97. The van der Waals surface area contributed by atoms with Crippen molar-refractivity contribution in [2.75, 3.05) is 6.61 Å². The fourth-order valence-corrected chi connectivity index (χ4v) is 1.49. The number of carbonyl (C=O) groups excluding carboxylic acids is 1. The molecule has 0 amide bonds. The summed E-state index contributed by atoms with van der Waals surface area (Å²) in [4.78, 5) is 10.1. The molecule has 0 aliphatic carbocycles. The molecule has 0 atom stereocenters. The van der Waals surface area contributed by atoms with E-state index in [9.17, 15) is 4.79 Å². The Morgan fingerprint density at radius 1 is 1.19 bits per heavy atom. The zero-order valence-corrected chi connectivity index (χ0v) is 9.87. The van der Waals surface area contributed by atoms with Gasteiger partial charge >= 0.3 is 0 Å². The van der Waals surface area contributed by atoms with E-state index in [1.807, 2.05) is 30.6 Å². The summed E-state index contributed by atoms with van der Waals surface area (Å²) in [6.45, 7) is 2.97. The molecule has 0 saturated carbocycles. The van der Waals surface area contributed by atoms with Crippen LogP contribution < -0.4 is 4.74 Å². The number of ether oxygens (including phenoxy) is 1. The van der Waals surface area contributed by atoms with E-state index in [4.69, 9.17) is 4.74 Å². The Hall–Kier alpha value is -1.31. The summed E-state index contributed by atoms with van der Waals surface area (Å²) in [5.41, 5.74) is 1.16. The SMILES string of the molecule is CCCCCOc1ccc(CC[C]=O)cc1. The van der Waals surface area contributed by atoms with Crippen molar-refractivity contribution in [1.82, 2.24) is 0 Å². The van der Waals surface area contributed by atoms with E-state index in [2.05, 4.69) is 6.92 Å². The molecule has 0 bridgehead atoms. The van der Waals surface area contributed by atoms with Gasteiger partial charge < -0.3 is 4.74 Å². The lowest BCUT2D eigenvalue weighted by atomic mass is 10.1. The van der Waals surface area contributed by atoms with Gasteiger partial charge in [-0.05, 0) is 30.5 Å². The molecule has 0 aliphatic heterocycles. The van der Waals surface area contributed by atoms with E-state index < -0.39 is 0 Å².